The summed E-state index contributed by atoms with van der Waals surface area (Å²) in [5, 5.41) is 5.13. The van der Waals surface area contributed by atoms with E-state index in [0.717, 1.165) is 55.9 Å². The first-order chi connectivity index (χ1) is 30.7. The second kappa shape index (κ2) is 15.2. The van der Waals surface area contributed by atoms with Gasteiger partial charge in [-0.05, 0) is 106 Å². The van der Waals surface area contributed by atoms with Gasteiger partial charge in [-0.2, -0.15) is 0 Å². The first-order valence-electron chi connectivity index (χ1n) is 20.7. The number of pyridine rings is 1. The molecule has 5 heteroatoms. The van der Waals surface area contributed by atoms with Crippen LogP contribution in [0.15, 0.2) is 213 Å². The molecule has 8 aromatic carbocycles. The van der Waals surface area contributed by atoms with E-state index in [0.29, 0.717) is 5.82 Å². The Morgan fingerprint density at radius 3 is 1.44 bits per heavy atom. The second-order valence-corrected chi connectivity index (χ2v) is 17.8. The molecule has 0 fully saturated rings. The molecule has 290 valence electrons. The Morgan fingerprint density at radius 1 is 0.290 bits per heavy atom. The van der Waals surface area contributed by atoms with Crippen LogP contribution in [0.3, 0.4) is 0 Å². The number of hydrogen-bond acceptors (Lipinski definition) is 5. The van der Waals surface area contributed by atoms with Gasteiger partial charge in [0.2, 0.25) is 0 Å². The van der Waals surface area contributed by atoms with Crippen molar-refractivity contribution < 1.29 is 0 Å². The van der Waals surface area contributed by atoms with E-state index in [1.807, 2.05) is 47.2 Å². The van der Waals surface area contributed by atoms with Crippen molar-refractivity contribution >= 4 is 63.0 Å². The Bertz CT molecular complexity index is 3490. The lowest BCUT2D eigenvalue weighted by Crippen LogP contribution is -1.98. The number of fused-ring (bicyclic) bond motifs is 6. The minimum Gasteiger partial charge on any atom is -0.264 e. The number of aromatic nitrogens is 3. The molecule has 0 spiro atoms. The minimum absolute atomic E-state index is 0.669. The van der Waals surface area contributed by atoms with E-state index in [1.54, 1.807) is 0 Å². The molecule has 0 saturated carbocycles. The van der Waals surface area contributed by atoms with E-state index >= 15 is 0 Å². The second-order valence-electron chi connectivity index (χ2n) is 15.6. The lowest BCUT2D eigenvalue weighted by molar-refractivity contribution is 1.18. The summed E-state index contributed by atoms with van der Waals surface area (Å²) in [6.45, 7) is 0. The van der Waals surface area contributed by atoms with Gasteiger partial charge < -0.3 is 0 Å². The molecule has 0 aliphatic heterocycles. The summed E-state index contributed by atoms with van der Waals surface area (Å²) in [5.74, 6) is 0.669. The summed E-state index contributed by atoms with van der Waals surface area (Å²) in [4.78, 5) is 15.2. The van der Waals surface area contributed by atoms with Gasteiger partial charge in [0.1, 0.15) is 0 Å². The molecule has 4 aromatic heterocycles. The Hall–Kier alpha value is -7.57. The quantitative estimate of drug-likeness (QED) is 0.161. The average molecular weight is 826 g/mol. The van der Waals surface area contributed by atoms with Gasteiger partial charge >= 0.3 is 0 Å². The van der Waals surface area contributed by atoms with Crippen LogP contribution < -0.4 is 0 Å². The third kappa shape index (κ3) is 6.56. The molecule has 0 bridgehead atoms. The van der Waals surface area contributed by atoms with Crippen molar-refractivity contribution in [3.8, 4) is 78.4 Å². The van der Waals surface area contributed by atoms with Crippen molar-refractivity contribution in [1.29, 1.82) is 0 Å². The van der Waals surface area contributed by atoms with Crippen LogP contribution in [0.25, 0.3) is 119 Å². The molecular formula is C57H35N3S2. The predicted molar refractivity (Wildman–Crippen MR) is 264 cm³/mol. The van der Waals surface area contributed by atoms with Gasteiger partial charge in [0.05, 0.1) is 11.4 Å². The van der Waals surface area contributed by atoms with Gasteiger partial charge in [0.25, 0.3) is 0 Å². The molecule has 0 saturated heterocycles. The molecule has 0 amide bonds. The Balaban J connectivity index is 1.08. The Morgan fingerprint density at radius 2 is 0.790 bits per heavy atom. The van der Waals surface area contributed by atoms with E-state index in [1.165, 1.54) is 57.0 Å². The Kier molecular flexibility index (Phi) is 8.87. The van der Waals surface area contributed by atoms with Crippen molar-refractivity contribution in [1.82, 2.24) is 15.0 Å². The molecule has 12 rings (SSSR count). The van der Waals surface area contributed by atoms with Crippen LogP contribution in [0.4, 0.5) is 0 Å². The van der Waals surface area contributed by atoms with Gasteiger partial charge in [0.15, 0.2) is 5.82 Å². The normalized spacial score (nSPS) is 11.5. The average Bonchev–Trinajstić information content (AvgIpc) is 3.92. The van der Waals surface area contributed by atoms with Crippen LogP contribution in [-0.2, 0) is 0 Å². The number of benzene rings is 8. The smallest absolute Gasteiger partial charge is 0.160 e. The summed E-state index contributed by atoms with van der Waals surface area (Å²) in [7, 11) is 0. The van der Waals surface area contributed by atoms with Gasteiger partial charge in [-0.1, -0.05) is 133 Å². The van der Waals surface area contributed by atoms with Crippen LogP contribution in [-0.4, -0.2) is 15.0 Å². The van der Waals surface area contributed by atoms with E-state index in [-0.39, 0.29) is 0 Å². The largest absolute Gasteiger partial charge is 0.264 e. The topological polar surface area (TPSA) is 38.7 Å². The molecule has 0 radical (unpaired) electrons. The van der Waals surface area contributed by atoms with Crippen LogP contribution >= 0.6 is 22.7 Å². The maximum absolute atomic E-state index is 5.42. The zero-order chi connectivity index (χ0) is 41.0. The van der Waals surface area contributed by atoms with Crippen LogP contribution in [0.5, 0.6) is 0 Å². The van der Waals surface area contributed by atoms with Crippen molar-refractivity contribution in [2.75, 3.05) is 0 Å². The van der Waals surface area contributed by atoms with Gasteiger partial charge in [0, 0.05) is 75.0 Å². The molecule has 0 aliphatic carbocycles. The monoisotopic (exact) mass is 825 g/mol. The zero-order valence-corrected chi connectivity index (χ0v) is 35.0. The third-order valence-electron chi connectivity index (χ3n) is 11.8. The highest BCUT2D eigenvalue weighted by atomic mass is 32.1. The molecular weight excluding hydrogens is 791 g/mol. The predicted octanol–water partition coefficient (Wildman–Crippen LogP) is 16.3. The van der Waals surface area contributed by atoms with Crippen molar-refractivity contribution in [3.05, 3.63) is 213 Å². The van der Waals surface area contributed by atoms with E-state index < -0.39 is 0 Å². The molecule has 0 unspecified atom stereocenters. The summed E-state index contributed by atoms with van der Waals surface area (Å²) >= 11 is 3.69. The first-order valence-corrected chi connectivity index (χ1v) is 22.4. The highest BCUT2D eigenvalue weighted by Crippen LogP contribution is 2.42. The van der Waals surface area contributed by atoms with E-state index in [2.05, 4.69) is 193 Å². The third-order valence-corrected chi connectivity index (χ3v) is 14.1. The maximum Gasteiger partial charge on any atom is 0.160 e. The summed E-state index contributed by atoms with van der Waals surface area (Å²) in [6, 6.07) is 72.0. The summed E-state index contributed by atoms with van der Waals surface area (Å²) in [6.07, 6.45) is 3.73. The summed E-state index contributed by atoms with van der Waals surface area (Å²) < 4.78 is 5.18. The zero-order valence-electron chi connectivity index (χ0n) is 33.4. The highest BCUT2D eigenvalue weighted by Gasteiger charge is 2.17. The fourth-order valence-electron chi connectivity index (χ4n) is 8.70. The van der Waals surface area contributed by atoms with Crippen LogP contribution in [0.2, 0.25) is 0 Å². The standard InChI is InChI=1S/C57H35N3S2/c1-2-11-36(12-3-1)37-20-22-38(23-21-37)57-59-51(34-52(60-57)46-15-5-4-14-45(46)41-13-10-28-58-35-41)44-30-42(39-24-26-55-49(32-39)47-16-6-8-18-53(47)61-55)29-43(31-44)40-25-27-56-50(33-40)48-17-7-9-19-54(48)62-56/h1-35H. The molecule has 0 N–H and O–H groups in total. The van der Waals surface area contributed by atoms with Crippen molar-refractivity contribution in [2.45, 2.75) is 0 Å². The van der Waals surface area contributed by atoms with Gasteiger partial charge in [-0.15, -0.1) is 22.7 Å². The number of rotatable bonds is 7. The molecule has 12 aromatic rings. The van der Waals surface area contributed by atoms with Gasteiger partial charge in [-0.3, -0.25) is 4.98 Å². The van der Waals surface area contributed by atoms with Crippen molar-refractivity contribution in [3.63, 3.8) is 0 Å². The molecule has 0 atom stereocenters. The number of thiophene rings is 2. The van der Waals surface area contributed by atoms with E-state index in [4.69, 9.17) is 9.97 Å². The summed E-state index contributed by atoms with van der Waals surface area (Å²) in [5.41, 5.74) is 13.7. The molecule has 4 heterocycles. The van der Waals surface area contributed by atoms with Gasteiger partial charge in [-0.25, -0.2) is 9.97 Å². The van der Waals surface area contributed by atoms with Crippen molar-refractivity contribution in [2.24, 2.45) is 0 Å². The SMILES string of the molecule is c1ccc(-c2ccc(-c3nc(-c4cc(-c5ccc6sc7ccccc7c6c5)cc(-c5ccc6sc7ccccc7c6c5)c4)cc(-c4ccccc4-c4cccnc4)n3)cc2)cc1. The number of nitrogens with zero attached hydrogens (tertiary/aromatic N) is 3. The van der Waals surface area contributed by atoms with Crippen LogP contribution in [0, 0.1) is 0 Å². The molecule has 3 nitrogen and oxygen atoms in total. The molecule has 0 aliphatic rings. The fourth-order valence-corrected chi connectivity index (χ4v) is 10.9. The number of hydrogen-bond donors (Lipinski definition) is 0. The highest BCUT2D eigenvalue weighted by molar-refractivity contribution is 7.26. The minimum atomic E-state index is 0.669. The fraction of sp³-hybridized carbons (Fsp3) is 0. The van der Waals surface area contributed by atoms with E-state index in [9.17, 15) is 0 Å². The van der Waals surface area contributed by atoms with Crippen LogP contribution in [0.1, 0.15) is 0 Å². The first kappa shape index (κ1) is 36.3. The lowest BCUT2D eigenvalue weighted by atomic mass is 9.93. The lowest BCUT2D eigenvalue weighted by Gasteiger charge is -2.15. The molecule has 62 heavy (non-hydrogen) atoms. The maximum atomic E-state index is 5.42. The Labute approximate surface area is 366 Å².